The first-order chi connectivity index (χ1) is 11.2. The van der Waals surface area contributed by atoms with E-state index in [9.17, 15) is 9.59 Å². The molecule has 23 heavy (non-hydrogen) atoms. The van der Waals surface area contributed by atoms with Gasteiger partial charge in [0.15, 0.2) is 0 Å². The number of tetrazole rings is 1. The minimum absolute atomic E-state index is 0.185. The van der Waals surface area contributed by atoms with Gasteiger partial charge in [-0.25, -0.2) is 9.48 Å². The van der Waals surface area contributed by atoms with E-state index in [-0.39, 0.29) is 11.9 Å². The highest BCUT2D eigenvalue weighted by atomic mass is 16.5. The second kappa shape index (κ2) is 6.55. The molecule has 1 aromatic carbocycles. The Labute approximate surface area is 133 Å². The van der Waals surface area contributed by atoms with E-state index in [0.29, 0.717) is 24.2 Å². The SMILES string of the molecule is COC(=O)C1CCCCN1C(=O)c1cccc(-n2cnnn2)c1. The molecule has 2 heterocycles. The zero-order valence-corrected chi connectivity index (χ0v) is 12.8. The largest absolute Gasteiger partial charge is 0.467 e. The van der Waals surface area contributed by atoms with E-state index in [1.54, 1.807) is 29.2 Å². The van der Waals surface area contributed by atoms with Gasteiger partial charge < -0.3 is 9.64 Å². The van der Waals surface area contributed by atoms with Crippen LogP contribution < -0.4 is 0 Å². The molecule has 1 fully saturated rings. The Balaban J connectivity index is 1.87. The highest BCUT2D eigenvalue weighted by molar-refractivity contribution is 5.97. The lowest BCUT2D eigenvalue weighted by molar-refractivity contribution is -0.147. The molecule has 1 aromatic heterocycles. The van der Waals surface area contributed by atoms with E-state index in [0.717, 1.165) is 12.8 Å². The molecule has 1 unspecified atom stereocenters. The molecule has 0 saturated carbocycles. The van der Waals surface area contributed by atoms with Crippen LogP contribution in [0.1, 0.15) is 29.6 Å². The minimum Gasteiger partial charge on any atom is -0.467 e. The van der Waals surface area contributed by atoms with E-state index in [4.69, 9.17) is 4.74 Å². The van der Waals surface area contributed by atoms with E-state index in [1.807, 2.05) is 0 Å². The number of rotatable bonds is 3. The molecule has 3 rings (SSSR count). The van der Waals surface area contributed by atoms with Crippen molar-refractivity contribution < 1.29 is 14.3 Å². The van der Waals surface area contributed by atoms with Crippen molar-refractivity contribution in [2.75, 3.05) is 13.7 Å². The summed E-state index contributed by atoms with van der Waals surface area (Å²) in [4.78, 5) is 26.3. The number of aromatic nitrogens is 4. The third-order valence-corrected chi connectivity index (χ3v) is 3.94. The maximum atomic E-state index is 12.8. The average molecular weight is 315 g/mol. The number of ether oxygens (including phenoxy) is 1. The molecule has 0 radical (unpaired) electrons. The highest BCUT2D eigenvalue weighted by Gasteiger charge is 2.33. The Bertz CT molecular complexity index is 701. The Hall–Kier alpha value is -2.77. The summed E-state index contributed by atoms with van der Waals surface area (Å²) in [6.07, 6.45) is 3.88. The number of hydrogen-bond acceptors (Lipinski definition) is 6. The number of carbonyl (C=O) groups is 2. The Morgan fingerprint density at radius 2 is 2.17 bits per heavy atom. The van der Waals surface area contributed by atoms with E-state index in [2.05, 4.69) is 15.5 Å². The van der Waals surface area contributed by atoms with Crippen molar-refractivity contribution in [2.45, 2.75) is 25.3 Å². The fourth-order valence-electron chi connectivity index (χ4n) is 2.78. The second-order valence-corrected chi connectivity index (χ2v) is 5.34. The third-order valence-electron chi connectivity index (χ3n) is 3.94. The summed E-state index contributed by atoms with van der Waals surface area (Å²) in [7, 11) is 1.35. The molecule has 8 nitrogen and oxygen atoms in total. The van der Waals surface area contributed by atoms with Gasteiger partial charge >= 0.3 is 5.97 Å². The van der Waals surface area contributed by atoms with E-state index < -0.39 is 6.04 Å². The maximum Gasteiger partial charge on any atom is 0.328 e. The average Bonchev–Trinajstić information content (AvgIpc) is 3.15. The van der Waals surface area contributed by atoms with Crippen LogP contribution in [0.5, 0.6) is 0 Å². The molecule has 1 aliphatic heterocycles. The predicted molar refractivity (Wildman–Crippen MR) is 79.8 cm³/mol. The Kier molecular flexibility index (Phi) is 4.31. The molecule has 120 valence electrons. The fraction of sp³-hybridized carbons (Fsp3) is 0.400. The molecule has 0 aliphatic carbocycles. The lowest BCUT2D eigenvalue weighted by atomic mass is 10.0. The molecule has 1 aliphatic rings. The van der Waals surface area contributed by atoms with Gasteiger partial charge in [0.1, 0.15) is 12.4 Å². The van der Waals surface area contributed by atoms with Crippen LogP contribution in [-0.4, -0.2) is 56.7 Å². The van der Waals surface area contributed by atoms with Gasteiger partial charge in [0.2, 0.25) is 0 Å². The lowest BCUT2D eigenvalue weighted by Gasteiger charge is -2.33. The number of esters is 1. The standard InChI is InChI=1S/C15H17N5O3/c1-23-15(22)13-7-2-3-8-19(13)14(21)11-5-4-6-12(9-11)20-10-16-17-18-20/h4-6,9-10,13H,2-3,7-8H2,1H3. The van der Waals surface area contributed by atoms with Crippen molar-refractivity contribution in [3.8, 4) is 5.69 Å². The molecule has 2 aromatic rings. The summed E-state index contributed by atoms with van der Waals surface area (Å²) in [5.41, 5.74) is 1.18. The molecular weight excluding hydrogens is 298 g/mol. The van der Waals surface area contributed by atoms with Crippen molar-refractivity contribution in [1.29, 1.82) is 0 Å². The summed E-state index contributed by atoms with van der Waals surface area (Å²) in [5, 5.41) is 11.0. The van der Waals surface area contributed by atoms with Crippen molar-refractivity contribution in [3.05, 3.63) is 36.2 Å². The smallest absolute Gasteiger partial charge is 0.328 e. The first-order valence-electron chi connectivity index (χ1n) is 7.43. The highest BCUT2D eigenvalue weighted by Crippen LogP contribution is 2.21. The van der Waals surface area contributed by atoms with Gasteiger partial charge in [-0.15, -0.1) is 5.10 Å². The molecule has 1 amide bonds. The molecular formula is C15H17N5O3. The molecule has 0 spiro atoms. The summed E-state index contributed by atoms with van der Waals surface area (Å²) in [6, 6.07) is 6.49. The maximum absolute atomic E-state index is 12.8. The van der Waals surface area contributed by atoms with Gasteiger partial charge in [-0.1, -0.05) is 6.07 Å². The third kappa shape index (κ3) is 3.05. The number of amides is 1. The summed E-state index contributed by atoms with van der Waals surface area (Å²) >= 11 is 0. The molecule has 1 atom stereocenters. The lowest BCUT2D eigenvalue weighted by Crippen LogP contribution is -2.48. The number of benzene rings is 1. The number of hydrogen-bond donors (Lipinski definition) is 0. The normalized spacial score (nSPS) is 17.8. The van der Waals surface area contributed by atoms with Crippen LogP contribution >= 0.6 is 0 Å². The fourth-order valence-corrected chi connectivity index (χ4v) is 2.78. The van der Waals surface area contributed by atoms with Gasteiger partial charge in [0, 0.05) is 12.1 Å². The van der Waals surface area contributed by atoms with Gasteiger partial charge in [-0.05, 0) is 47.9 Å². The van der Waals surface area contributed by atoms with Crippen LogP contribution in [0, 0.1) is 0 Å². The second-order valence-electron chi connectivity index (χ2n) is 5.34. The topological polar surface area (TPSA) is 90.2 Å². The van der Waals surface area contributed by atoms with Crippen LogP contribution in [-0.2, 0) is 9.53 Å². The number of likely N-dealkylation sites (tertiary alicyclic amines) is 1. The zero-order valence-electron chi connectivity index (χ0n) is 12.8. The predicted octanol–water partition coefficient (Wildman–Crippen LogP) is 0.830. The number of methoxy groups -OCH3 is 1. The quantitative estimate of drug-likeness (QED) is 0.779. The first-order valence-corrected chi connectivity index (χ1v) is 7.43. The number of nitrogens with zero attached hydrogens (tertiary/aromatic N) is 5. The van der Waals surface area contributed by atoms with Crippen LogP contribution in [0.25, 0.3) is 5.69 Å². The van der Waals surface area contributed by atoms with Crippen LogP contribution in [0.3, 0.4) is 0 Å². The number of carbonyl (C=O) groups excluding carboxylic acids is 2. The molecule has 8 heteroatoms. The van der Waals surface area contributed by atoms with Crippen molar-refractivity contribution >= 4 is 11.9 Å². The monoisotopic (exact) mass is 315 g/mol. The van der Waals surface area contributed by atoms with Gasteiger partial charge in [0.25, 0.3) is 5.91 Å². The van der Waals surface area contributed by atoms with E-state index >= 15 is 0 Å². The summed E-state index contributed by atoms with van der Waals surface area (Å²) < 4.78 is 6.30. The van der Waals surface area contributed by atoms with Crippen molar-refractivity contribution in [2.24, 2.45) is 0 Å². The van der Waals surface area contributed by atoms with Crippen LogP contribution in [0.15, 0.2) is 30.6 Å². The minimum atomic E-state index is -0.516. The van der Waals surface area contributed by atoms with Gasteiger partial charge in [-0.3, -0.25) is 4.79 Å². The Morgan fingerprint density at radius 3 is 2.91 bits per heavy atom. The van der Waals surface area contributed by atoms with Crippen molar-refractivity contribution in [3.63, 3.8) is 0 Å². The molecule has 0 N–H and O–H groups in total. The number of piperidine rings is 1. The van der Waals surface area contributed by atoms with Crippen LogP contribution in [0.4, 0.5) is 0 Å². The van der Waals surface area contributed by atoms with Gasteiger partial charge in [0.05, 0.1) is 12.8 Å². The molecule has 1 saturated heterocycles. The summed E-state index contributed by atoms with van der Waals surface area (Å²) in [5.74, 6) is -0.551. The molecule has 0 bridgehead atoms. The zero-order chi connectivity index (χ0) is 16.2. The van der Waals surface area contributed by atoms with E-state index in [1.165, 1.54) is 18.1 Å². The van der Waals surface area contributed by atoms with Crippen molar-refractivity contribution in [1.82, 2.24) is 25.1 Å². The van der Waals surface area contributed by atoms with Gasteiger partial charge in [-0.2, -0.15) is 0 Å². The first kappa shape index (κ1) is 15.1. The van der Waals surface area contributed by atoms with Crippen LogP contribution in [0.2, 0.25) is 0 Å². The Morgan fingerprint density at radius 1 is 1.30 bits per heavy atom. The summed E-state index contributed by atoms with van der Waals surface area (Å²) in [6.45, 7) is 0.549.